The summed E-state index contributed by atoms with van der Waals surface area (Å²) in [6.07, 6.45) is 0. The number of benzene rings is 1. The maximum Gasteiger partial charge on any atom is 0.348 e. The van der Waals surface area contributed by atoms with Gasteiger partial charge in [-0.05, 0) is 60.5 Å². The highest BCUT2D eigenvalue weighted by Crippen LogP contribution is 2.37. The molecule has 0 aliphatic heterocycles. The van der Waals surface area contributed by atoms with Crippen molar-refractivity contribution in [3.8, 4) is 11.5 Å². The van der Waals surface area contributed by atoms with Crippen LogP contribution in [0.15, 0.2) is 22.7 Å². The van der Waals surface area contributed by atoms with E-state index in [4.69, 9.17) is 14.2 Å². The van der Waals surface area contributed by atoms with Crippen LogP contribution >= 0.6 is 27.3 Å². The van der Waals surface area contributed by atoms with Crippen LogP contribution in [0.25, 0.3) is 0 Å². The van der Waals surface area contributed by atoms with E-state index in [9.17, 15) is 9.59 Å². The normalized spacial score (nSPS) is 10.3. The molecule has 0 bridgehead atoms. The number of carbonyl (C=O) groups excluding carboxylic acids is 2. The molecule has 0 unspecified atom stereocenters. The second kappa shape index (κ2) is 9.05. The van der Waals surface area contributed by atoms with E-state index >= 15 is 0 Å². The second-order valence-electron chi connectivity index (χ2n) is 5.22. The smallest absolute Gasteiger partial charge is 0.348 e. The maximum absolute atomic E-state index is 12.6. The Hall–Kier alpha value is -2.06. The third-order valence-electron chi connectivity index (χ3n) is 3.40. The van der Waals surface area contributed by atoms with Crippen molar-refractivity contribution in [2.24, 2.45) is 0 Å². The highest BCUT2D eigenvalue weighted by Gasteiger charge is 2.19. The molecule has 0 fully saturated rings. The molecule has 6 nitrogen and oxygen atoms in total. The first-order chi connectivity index (χ1) is 12.4. The van der Waals surface area contributed by atoms with Crippen molar-refractivity contribution in [2.75, 3.05) is 25.6 Å². The number of ether oxygens (including phenoxy) is 3. The third kappa shape index (κ3) is 4.56. The quantitative estimate of drug-likeness (QED) is 0.632. The first kappa shape index (κ1) is 20.3. The van der Waals surface area contributed by atoms with Crippen LogP contribution in [0.1, 0.15) is 39.4 Å². The topological polar surface area (TPSA) is 73.9 Å². The molecule has 8 heteroatoms. The van der Waals surface area contributed by atoms with Gasteiger partial charge in [-0.2, -0.15) is 0 Å². The summed E-state index contributed by atoms with van der Waals surface area (Å²) in [6.45, 7) is 6.20. The summed E-state index contributed by atoms with van der Waals surface area (Å²) in [6, 6.07) is 5.02. The van der Waals surface area contributed by atoms with Gasteiger partial charge in [0, 0.05) is 5.56 Å². The fraction of sp³-hybridized carbons (Fsp3) is 0.333. The minimum atomic E-state index is -0.388. The van der Waals surface area contributed by atoms with Crippen molar-refractivity contribution in [2.45, 2.75) is 20.8 Å². The number of thiophene rings is 1. The Morgan fingerprint density at radius 1 is 1.19 bits per heavy atom. The highest BCUT2D eigenvalue weighted by atomic mass is 79.9. The molecular weight excluding hydrogens is 422 g/mol. The summed E-state index contributed by atoms with van der Waals surface area (Å²) in [5, 5.41) is 3.37. The van der Waals surface area contributed by atoms with Crippen LogP contribution < -0.4 is 14.8 Å². The maximum atomic E-state index is 12.6. The molecule has 2 aromatic rings. The number of carbonyl (C=O) groups is 2. The molecule has 140 valence electrons. The number of aryl methyl sites for hydroxylation is 1. The predicted octanol–water partition coefficient (Wildman–Crippen LogP) is 4.66. The average Bonchev–Trinajstić information content (AvgIpc) is 2.97. The van der Waals surface area contributed by atoms with E-state index in [0.29, 0.717) is 44.6 Å². The van der Waals surface area contributed by atoms with Crippen molar-refractivity contribution in [1.29, 1.82) is 0 Å². The minimum Gasteiger partial charge on any atom is -0.493 e. The van der Waals surface area contributed by atoms with Crippen molar-refractivity contribution in [3.63, 3.8) is 0 Å². The number of methoxy groups -OCH3 is 1. The third-order valence-corrected chi connectivity index (χ3v) is 5.12. The predicted molar refractivity (Wildman–Crippen MR) is 105 cm³/mol. The Morgan fingerprint density at radius 3 is 2.54 bits per heavy atom. The average molecular weight is 442 g/mol. The van der Waals surface area contributed by atoms with Crippen LogP contribution in [0.5, 0.6) is 11.5 Å². The first-order valence-corrected chi connectivity index (χ1v) is 9.61. The number of amides is 1. The summed E-state index contributed by atoms with van der Waals surface area (Å²) < 4.78 is 16.5. The van der Waals surface area contributed by atoms with E-state index in [-0.39, 0.29) is 11.9 Å². The molecule has 0 aliphatic rings. The molecule has 1 amide bonds. The van der Waals surface area contributed by atoms with Gasteiger partial charge >= 0.3 is 5.97 Å². The van der Waals surface area contributed by atoms with Gasteiger partial charge in [0.15, 0.2) is 11.5 Å². The molecule has 0 atom stereocenters. The molecule has 1 N–H and O–H groups in total. The van der Waals surface area contributed by atoms with Crippen molar-refractivity contribution in [3.05, 3.63) is 38.7 Å². The van der Waals surface area contributed by atoms with E-state index in [2.05, 4.69) is 21.2 Å². The summed E-state index contributed by atoms with van der Waals surface area (Å²) >= 11 is 4.58. The van der Waals surface area contributed by atoms with Crippen LogP contribution in [-0.2, 0) is 4.74 Å². The van der Waals surface area contributed by atoms with Crippen LogP contribution in [0.4, 0.5) is 5.00 Å². The summed E-state index contributed by atoms with van der Waals surface area (Å²) in [5.41, 5.74) is 1.16. The number of anilines is 1. The molecule has 26 heavy (non-hydrogen) atoms. The summed E-state index contributed by atoms with van der Waals surface area (Å²) in [5.74, 6) is 0.300. The molecule has 0 spiro atoms. The van der Waals surface area contributed by atoms with Gasteiger partial charge in [0.25, 0.3) is 5.91 Å². The van der Waals surface area contributed by atoms with Crippen LogP contribution in [-0.4, -0.2) is 32.2 Å². The van der Waals surface area contributed by atoms with Gasteiger partial charge in [0.05, 0.1) is 29.8 Å². The zero-order valence-corrected chi connectivity index (χ0v) is 17.4. The number of rotatable bonds is 7. The molecule has 0 radical (unpaired) electrons. The van der Waals surface area contributed by atoms with Gasteiger partial charge < -0.3 is 19.5 Å². The number of esters is 1. The summed E-state index contributed by atoms with van der Waals surface area (Å²) in [7, 11) is 1.51. The lowest BCUT2D eigenvalue weighted by Crippen LogP contribution is -2.11. The van der Waals surface area contributed by atoms with Gasteiger partial charge in [-0.3, -0.25) is 4.79 Å². The number of hydrogen-bond acceptors (Lipinski definition) is 6. The van der Waals surface area contributed by atoms with Gasteiger partial charge in [-0.1, -0.05) is 0 Å². The standard InChI is InChI=1S/C18H20BrNO5S/c1-5-24-15-12(19)8-11(9-13(15)23-4)17(21)20-14-7-10(3)16(26-14)18(22)25-6-2/h7-9H,5-6H2,1-4H3,(H,20,21). The fourth-order valence-electron chi connectivity index (χ4n) is 2.26. The summed E-state index contributed by atoms with van der Waals surface area (Å²) in [4.78, 5) is 25.0. The lowest BCUT2D eigenvalue weighted by atomic mass is 10.2. The molecule has 0 saturated heterocycles. The molecule has 1 aromatic heterocycles. The van der Waals surface area contributed by atoms with Gasteiger partial charge in [0.1, 0.15) is 4.88 Å². The molecular formula is C18H20BrNO5S. The molecule has 0 saturated carbocycles. The Balaban J connectivity index is 2.24. The minimum absolute atomic E-state index is 0.303. The molecule has 2 rings (SSSR count). The van der Waals surface area contributed by atoms with Crippen molar-refractivity contribution >= 4 is 44.1 Å². The van der Waals surface area contributed by atoms with Crippen LogP contribution in [0, 0.1) is 6.92 Å². The Morgan fingerprint density at radius 2 is 1.92 bits per heavy atom. The van der Waals surface area contributed by atoms with Crippen LogP contribution in [0.2, 0.25) is 0 Å². The van der Waals surface area contributed by atoms with Gasteiger partial charge in [0.2, 0.25) is 0 Å². The Bertz CT molecular complexity index is 818. The van der Waals surface area contributed by atoms with Crippen molar-refractivity contribution < 1.29 is 23.8 Å². The number of nitrogens with one attached hydrogen (secondary N) is 1. The largest absolute Gasteiger partial charge is 0.493 e. The van der Waals surface area contributed by atoms with Crippen LogP contribution in [0.3, 0.4) is 0 Å². The monoisotopic (exact) mass is 441 g/mol. The van der Waals surface area contributed by atoms with E-state index in [0.717, 1.165) is 5.56 Å². The fourth-order valence-corrected chi connectivity index (χ4v) is 3.78. The van der Waals surface area contributed by atoms with Gasteiger partial charge in [-0.15, -0.1) is 11.3 Å². The molecule has 1 heterocycles. The van der Waals surface area contributed by atoms with E-state index in [1.165, 1.54) is 18.4 Å². The Labute approximate surface area is 164 Å². The van der Waals surface area contributed by atoms with E-state index in [1.807, 2.05) is 6.92 Å². The van der Waals surface area contributed by atoms with E-state index in [1.54, 1.807) is 32.0 Å². The Kier molecular flexibility index (Phi) is 7.05. The van der Waals surface area contributed by atoms with Crippen molar-refractivity contribution in [1.82, 2.24) is 0 Å². The van der Waals surface area contributed by atoms with Gasteiger partial charge in [-0.25, -0.2) is 4.79 Å². The lowest BCUT2D eigenvalue weighted by Gasteiger charge is -2.13. The first-order valence-electron chi connectivity index (χ1n) is 8.00. The zero-order valence-electron chi connectivity index (χ0n) is 15.0. The van der Waals surface area contributed by atoms with E-state index < -0.39 is 0 Å². The molecule has 1 aromatic carbocycles. The number of halogens is 1. The SMILES string of the molecule is CCOC(=O)c1sc(NC(=O)c2cc(Br)c(OCC)c(OC)c2)cc1C. The molecule has 0 aliphatic carbocycles. The number of hydrogen-bond donors (Lipinski definition) is 1. The second-order valence-corrected chi connectivity index (χ2v) is 7.13. The lowest BCUT2D eigenvalue weighted by molar-refractivity contribution is 0.0531. The zero-order chi connectivity index (χ0) is 19.3. The highest BCUT2D eigenvalue weighted by molar-refractivity contribution is 9.10.